The Bertz CT molecular complexity index is 366. The monoisotopic (exact) mass is 241 g/mol. The number of ether oxygens (including phenoxy) is 1. The van der Waals surface area contributed by atoms with Gasteiger partial charge in [-0.05, 0) is 31.0 Å². The molecular weight excluding hydrogens is 225 g/mol. The molecule has 88 valence electrons. The lowest BCUT2D eigenvalue weighted by molar-refractivity contribution is 0.0455. The van der Waals surface area contributed by atoms with E-state index in [1.807, 2.05) is 19.1 Å². The van der Waals surface area contributed by atoms with E-state index in [2.05, 4.69) is 0 Å². The highest BCUT2D eigenvalue weighted by Gasteiger charge is 2.21. The van der Waals surface area contributed by atoms with Gasteiger partial charge >= 0.3 is 0 Å². The molecule has 2 nitrogen and oxygen atoms in total. The van der Waals surface area contributed by atoms with E-state index in [-0.39, 0.29) is 11.9 Å². The van der Waals surface area contributed by atoms with Gasteiger partial charge in [0.2, 0.25) is 0 Å². The van der Waals surface area contributed by atoms with Crippen LogP contribution in [0.15, 0.2) is 23.1 Å². The first-order chi connectivity index (χ1) is 7.65. The fourth-order valence-electron chi connectivity index (χ4n) is 1.60. The van der Waals surface area contributed by atoms with Crippen LogP contribution in [0.2, 0.25) is 0 Å². The van der Waals surface area contributed by atoms with Crippen LogP contribution in [0.25, 0.3) is 0 Å². The number of benzene rings is 1. The summed E-state index contributed by atoms with van der Waals surface area (Å²) in [6.07, 6.45) is 0.717. The Labute approximate surface area is 99.4 Å². The predicted octanol–water partition coefficient (Wildman–Crippen LogP) is 2.21. The molecule has 2 N–H and O–H groups in total. The molecule has 0 aromatic heterocycles. The fourth-order valence-corrected chi connectivity index (χ4v) is 2.61. The maximum atomic E-state index is 13.7. The molecule has 1 saturated heterocycles. The summed E-state index contributed by atoms with van der Waals surface area (Å²) in [5.41, 5.74) is 6.64. The van der Waals surface area contributed by atoms with Crippen LogP contribution in [-0.2, 0) is 11.2 Å². The smallest absolute Gasteiger partial charge is 0.137 e. The van der Waals surface area contributed by atoms with E-state index in [1.54, 1.807) is 17.8 Å². The SMILES string of the molecule is CC(N)Cc1ccc(SC2COC2)c(F)c1. The molecule has 1 aromatic carbocycles. The summed E-state index contributed by atoms with van der Waals surface area (Å²) in [4.78, 5) is 0.710. The second-order valence-electron chi connectivity index (χ2n) is 4.22. The molecule has 4 heteroatoms. The van der Waals surface area contributed by atoms with Gasteiger partial charge in [0.1, 0.15) is 5.82 Å². The van der Waals surface area contributed by atoms with Crippen molar-refractivity contribution in [1.82, 2.24) is 0 Å². The Balaban J connectivity index is 2.03. The van der Waals surface area contributed by atoms with Crippen molar-refractivity contribution in [2.45, 2.75) is 29.5 Å². The molecule has 0 radical (unpaired) electrons. The van der Waals surface area contributed by atoms with Gasteiger partial charge in [0.25, 0.3) is 0 Å². The summed E-state index contributed by atoms with van der Waals surface area (Å²) in [5.74, 6) is -0.143. The van der Waals surface area contributed by atoms with E-state index in [1.165, 1.54) is 0 Å². The highest BCUT2D eigenvalue weighted by Crippen LogP contribution is 2.30. The Morgan fingerprint density at radius 2 is 2.31 bits per heavy atom. The molecule has 0 aliphatic carbocycles. The van der Waals surface area contributed by atoms with Crippen LogP contribution in [0.5, 0.6) is 0 Å². The summed E-state index contributed by atoms with van der Waals surface area (Å²) >= 11 is 1.55. The zero-order chi connectivity index (χ0) is 11.5. The molecule has 2 rings (SSSR count). The first-order valence-corrected chi connectivity index (χ1v) is 6.31. The topological polar surface area (TPSA) is 35.2 Å². The van der Waals surface area contributed by atoms with Crippen LogP contribution in [0, 0.1) is 5.82 Å². The summed E-state index contributed by atoms with van der Waals surface area (Å²) in [5, 5.41) is 0.411. The third-order valence-corrected chi connectivity index (χ3v) is 3.65. The third-order valence-electron chi connectivity index (χ3n) is 2.46. The second kappa shape index (κ2) is 5.17. The molecule has 1 aliphatic rings. The zero-order valence-electron chi connectivity index (χ0n) is 9.28. The molecule has 16 heavy (non-hydrogen) atoms. The van der Waals surface area contributed by atoms with E-state index in [0.717, 1.165) is 18.8 Å². The predicted molar refractivity (Wildman–Crippen MR) is 64.2 cm³/mol. The van der Waals surface area contributed by atoms with Crippen LogP contribution in [0.1, 0.15) is 12.5 Å². The van der Waals surface area contributed by atoms with Crippen LogP contribution in [0.4, 0.5) is 4.39 Å². The average molecular weight is 241 g/mol. The Kier molecular flexibility index (Phi) is 3.84. The number of hydrogen-bond donors (Lipinski definition) is 1. The highest BCUT2D eigenvalue weighted by atomic mass is 32.2. The minimum atomic E-state index is -0.143. The summed E-state index contributed by atoms with van der Waals surface area (Å²) in [6, 6.07) is 5.45. The quantitative estimate of drug-likeness (QED) is 0.877. The van der Waals surface area contributed by atoms with Gasteiger partial charge in [0.15, 0.2) is 0 Å². The van der Waals surface area contributed by atoms with Crippen molar-refractivity contribution in [3.63, 3.8) is 0 Å². The molecule has 1 atom stereocenters. The lowest BCUT2D eigenvalue weighted by Gasteiger charge is -2.25. The number of hydrogen-bond acceptors (Lipinski definition) is 3. The van der Waals surface area contributed by atoms with Crippen molar-refractivity contribution < 1.29 is 9.13 Å². The van der Waals surface area contributed by atoms with Crippen LogP contribution >= 0.6 is 11.8 Å². The van der Waals surface area contributed by atoms with E-state index in [9.17, 15) is 4.39 Å². The summed E-state index contributed by atoms with van der Waals surface area (Å²) in [6.45, 7) is 3.38. The van der Waals surface area contributed by atoms with E-state index < -0.39 is 0 Å². The van der Waals surface area contributed by atoms with Gasteiger partial charge < -0.3 is 10.5 Å². The van der Waals surface area contributed by atoms with Gasteiger partial charge in [-0.2, -0.15) is 0 Å². The zero-order valence-corrected chi connectivity index (χ0v) is 10.1. The van der Waals surface area contributed by atoms with Crippen molar-refractivity contribution in [1.29, 1.82) is 0 Å². The first-order valence-electron chi connectivity index (χ1n) is 5.43. The first kappa shape index (κ1) is 11.9. The van der Waals surface area contributed by atoms with Crippen molar-refractivity contribution >= 4 is 11.8 Å². The third kappa shape index (κ3) is 2.97. The molecule has 0 saturated carbocycles. The number of rotatable bonds is 4. The van der Waals surface area contributed by atoms with E-state index in [4.69, 9.17) is 10.5 Å². The summed E-state index contributed by atoms with van der Waals surface area (Å²) in [7, 11) is 0. The molecule has 1 unspecified atom stereocenters. The van der Waals surface area contributed by atoms with E-state index >= 15 is 0 Å². The highest BCUT2D eigenvalue weighted by molar-refractivity contribution is 8.00. The minimum absolute atomic E-state index is 0.0675. The van der Waals surface area contributed by atoms with Gasteiger partial charge in [-0.3, -0.25) is 0 Å². The van der Waals surface area contributed by atoms with Gasteiger partial charge in [-0.25, -0.2) is 4.39 Å². The van der Waals surface area contributed by atoms with Crippen molar-refractivity contribution in [2.75, 3.05) is 13.2 Å². The van der Waals surface area contributed by atoms with Crippen molar-refractivity contribution in [3.05, 3.63) is 29.6 Å². The maximum absolute atomic E-state index is 13.7. The molecule has 0 spiro atoms. The van der Waals surface area contributed by atoms with Crippen molar-refractivity contribution in [2.24, 2.45) is 5.73 Å². The lowest BCUT2D eigenvalue weighted by atomic mass is 10.1. The van der Waals surface area contributed by atoms with Crippen LogP contribution in [0.3, 0.4) is 0 Å². The molecule has 1 aromatic rings. The largest absolute Gasteiger partial charge is 0.379 e. The van der Waals surface area contributed by atoms with Gasteiger partial charge in [0, 0.05) is 10.9 Å². The Hall–Kier alpha value is -0.580. The molecular formula is C12H16FNOS. The Morgan fingerprint density at radius 1 is 1.56 bits per heavy atom. The molecule has 1 fully saturated rings. The Morgan fingerprint density at radius 3 is 2.81 bits per heavy atom. The van der Waals surface area contributed by atoms with Gasteiger partial charge in [-0.1, -0.05) is 6.07 Å². The second-order valence-corrected chi connectivity index (χ2v) is 5.57. The molecule has 1 aliphatic heterocycles. The van der Waals surface area contributed by atoms with Gasteiger partial charge in [0.05, 0.1) is 18.5 Å². The normalized spacial score (nSPS) is 18.2. The maximum Gasteiger partial charge on any atom is 0.137 e. The molecule has 0 amide bonds. The van der Waals surface area contributed by atoms with Crippen LogP contribution in [-0.4, -0.2) is 24.5 Å². The number of thioether (sulfide) groups is 1. The summed E-state index contributed by atoms with van der Waals surface area (Å²) < 4.78 is 18.8. The minimum Gasteiger partial charge on any atom is -0.379 e. The molecule has 1 heterocycles. The van der Waals surface area contributed by atoms with Gasteiger partial charge in [-0.15, -0.1) is 11.8 Å². The van der Waals surface area contributed by atoms with Crippen molar-refractivity contribution in [3.8, 4) is 0 Å². The fraction of sp³-hybridized carbons (Fsp3) is 0.500. The number of halogens is 1. The number of nitrogens with two attached hydrogens (primary N) is 1. The standard InChI is InChI=1S/C12H16FNOS/c1-8(14)4-9-2-3-12(11(13)5-9)16-10-6-15-7-10/h2-3,5,8,10H,4,6-7,14H2,1H3. The molecule has 0 bridgehead atoms. The van der Waals surface area contributed by atoms with Crippen LogP contribution < -0.4 is 5.73 Å². The average Bonchev–Trinajstić information content (AvgIpc) is 2.12. The lowest BCUT2D eigenvalue weighted by Crippen LogP contribution is -2.30. The van der Waals surface area contributed by atoms with E-state index in [0.29, 0.717) is 16.6 Å².